The van der Waals surface area contributed by atoms with Crippen molar-refractivity contribution in [2.24, 2.45) is 0 Å². The zero-order chi connectivity index (χ0) is 13.3. The maximum Gasteiger partial charge on any atom is 0.257 e. The number of aromatic nitrogens is 2. The second-order valence-electron chi connectivity index (χ2n) is 5.16. The van der Waals surface area contributed by atoms with Gasteiger partial charge in [-0.15, -0.1) is 0 Å². The van der Waals surface area contributed by atoms with E-state index in [2.05, 4.69) is 20.2 Å². The van der Waals surface area contributed by atoms with Crippen LogP contribution in [0.25, 0.3) is 0 Å². The van der Waals surface area contributed by atoms with E-state index in [1.54, 1.807) is 6.92 Å². The second-order valence-corrected chi connectivity index (χ2v) is 5.16. The van der Waals surface area contributed by atoms with Crippen molar-refractivity contribution in [3.05, 3.63) is 21.7 Å². The number of H-pyrrole nitrogens is 1. The minimum absolute atomic E-state index is 0.183. The molecule has 1 aliphatic heterocycles. The SMILES string of the molecule is Cc1c(O)nc(C(C)(C)N2CCNCC2)[nH]c1=O. The molecule has 1 aromatic heterocycles. The molecule has 0 atom stereocenters. The molecule has 0 unspecified atom stereocenters. The zero-order valence-corrected chi connectivity index (χ0v) is 11.1. The second kappa shape index (κ2) is 4.70. The van der Waals surface area contributed by atoms with Crippen LogP contribution in [0.15, 0.2) is 4.79 Å². The van der Waals surface area contributed by atoms with Crippen molar-refractivity contribution >= 4 is 0 Å². The molecule has 0 amide bonds. The molecule has 1 saturated heterocycles. The molecule has 1 aromatic rings. The van der Waals surface area contributed by atoms with Crippen molar-refractivity contribution in [1.29, 1.82) is 0 Å². The number of hydrogen-bond donors (Lipinski definition) is 3. The summed E-state index contributed by atoms with van der Waals surface area (Å²) in [7, 11) is 0. The molecule has 2 rings (SSSR count). The average Bonchev–Trinajstić information content (AvgIpc) is 2.36. The Morgan fingerprint density at radius 3 is 2.50 bits per heavy atom. The standard InChI is InChI=1S/C12H20N4O2/c1-8-9(17)14-11(15-10(8)18)12(2,3)16-6-4-13-5-7-16/h13H,4-7H2,1-3H3,(H2,14,15,17,18). The molecule has 1 fully saturated rings. The fourth-order valence-electron chi connectivity index (χ4n) is 2.18. The van der Waals surface area contributed by atoms with Crippen LogP contribution in [-0.4, -0.2) is 46.2 Å². The first-order chi connectivity index (χ1) is 8.43. The van der Waals surface area contributed by atoms with E-state index in [9.17, 15) is 9.90 Å². The Kier molecular flexibility index (Phi) is 3.41. The van der Waals surface area contributed by atoms with Crippen LogP contribution < -0.4 is 10.9 Å². The molecule has 0 aliphatic carbocycles. The van der Waals surface area contributed by atoms with Crippen LogP contribution in [0.2, 0.25) is 0 Å². The van der Waals surface area contributed by atoms with Crippen molar-refractivity contribution < 1.29 is 5.11 Å². The number of nitrogens with zero attached hydrogens (tertiary/aromatic N) is 2. The predicted octanol–water partition coefficient (Wildman–Crippen LogP) is -0.0758. The fraction of sp³-hybridized carbons (Fsp3) is 0.667. The molecule has 2 heterocycles. The lowest BCUT2D eigenvalue weighted by molar-refractivity contribution is 0.0938. The third kappa shape index (κ3) is 2.26. The fourth-order valence-corrected chi connectivity index (χ4v) is 2.18. The van der Waals surface area contributed by atoms with Gasteiger partial charge < -0.3 is 15.4 Å². The average molecular weight is 252 g/mol. The molecular formula is C12H20N4O2. The number of hydrogen-bond acceptors (Lipinski definition) is 5. The highest BCUT2D eigenvalue weighted by Crippen LogP contribution is 2.25. The summed E-state index contributed by atoms with van der Waals surface area (Å²) >= 11 is 0. The quantitative estimate of drug-likeness (QED) is 0.686. The Morgan fingerprint density at radius 2 is 1.94 bits per heavy atom. The van der Waals surface area contributed by atoms with Crippen LogP contribution in [0.3, 0.4) is 0 Å². The van der Waals surface area contributed by atoms with Gasteiger partial charge in [-0.2, -0.15) is 4.98 Å². The Bertz CT molecular complexity index is 489. The van der Waals surface area contributed by atoms with Crippen LogP contribution in [0.5, 0.6) is 5.88 Å². The summed E-state index contributed by atoms with van der Waals surface area (Å²) in [6, 6.07) is 0. The van der Waals surface area contributed by atoms with Gasteiger partial charge in [0.15, 0.2) is 0 Å². The molecule has 6 heteroatoms. The van der Waals surface area contributed by atoms with Gasteiger partial charge in [0.1, 0.15) is 5.82 Å². The highest BCUT2D eigenvalue weighted by molar-refractivity contribution is 5.22. The number of aromatic amines is 1. The van der Waals surface area contributed by atoms with Crippen molar-refractivity contribution in [2.45, 2.75) is 26.3 Å². The highest BCUT2D eigenvalue weighted by atomic mass is 16.3. The third-order valence-corrected chi connectivity index (χ3v) is 3.61. The topological polar surface area (TPSA) is 81.2 Å². The maximum atomic E-state index is 11.7. The number of piperazine rings is 1. The van der Waals surface area contributed by atoms with E-state index >= 15 is 0 Å². The van der Waals surface area contributed by atoms with E-state index in [1.165, 1.54) is 0 Å². The van der Waals surface area contributed by atoms with Gasteiger partial charge in [-0.1, -0.05) is 0 Å². The summed E-state index contributed by atoms with van der Waals surface area (Å²) in [5, 5.41) is 13.0. The smallest absolute Gasteiger partial charge is 0.257 e. The van der Waals surface area contributed by atoms with Crippen molar-refractivity contribution in [3.8, 4) is 5.88 Å². The lowest BCUT2D eigenvalue weighted by atomic mass is 10.0. The first kappa shape index (κ1) is 13.0. The molecule has 18 heavy (non-hydrogen) atoms. The van der Waals surface area contributed by atoms with Gasteiger partial charge in [0.05, 0.1) is 11.1 Å². The number of nitrogens with one attached hydrogen (secondary N) is 2. The molecule has 0 spiro atoms. The van der Waals surface area contributed by atoms with Gasteiger partial charge in [-0.25, -0.2) is 0 Å². The van der Waals surface area contributed by atoms with Gasteiger partial charge in [-0.3, -0.25) is 9.69 Å². The lowest BCUT2D eigenvalue weighted by Crippen LogP contribution is -2.52. The molecule has 0 bridgehead atoms. The minimum Gasteiger partial charge on any atom is -0.493 e. The summed E-state index contributed by atoms with van der Waals surface area (Å²) < 4.78 is 0. The van der Waals surface area contributed by atoms with Crippen molar-refractivity contribution in [2.75, 3.05) is 26.2 Å². The summed E-state index contributed by atoms with van der Waals surface area (Å²) in [4.78, 5) is 20.8. The molecule has 3 N–H and O–H groups in total. The van der Waals surface area contributed by atoms with E-state index < -0.39 is 5.54 Å². The first-order valence-electron chi connectivity index (χ1n) is 6.19. The lowest BCUT2D eigenvalue weighted by Gasteiger charge is -2.40. The maximum absolute atomic E-state index is 11.7. The Morgan fingerprint density at radius 1 is 1.33 bits per heavy atom. The van der Waals surface area contributed by atoms with Crippen LogP contribution in [0.4, 0.5) is 0 Å². The summed E-state index contributed by atoms with van der Waals surface area (Å²) in [5.74, 6) is 0.328. The number of rotatable bonds is 2. The molecule has 100 valence electrons. The van der Waals surface area contributed by atoms with E-state index in [1.807, 2.05) is 13.8 Å². The monoisotopic (exact) mass is 252 g/mol. The predicted molar refractivity (Wildman–Crippen MR) is 68.7 cm³/mol. The molecular weight excluding hydrogens is 232 g/mol. The van der Waals surface area contributed by atoms with Gasteiger partial charge in [0.25, 0.3) is 5.56 Å². The molecule has 0 aromatic carbocycles. The van der Waals surface area contributed by atoms with Gasteiger partial charge in [0, 0.05) is 26.2 Å². The van der Waals surface area contributed by atoms with E-state index in [-0.39, 0.29) is 17.0 Å². The zero-order valence-electron chi connectivity index (χ0n) is 11.1. The third-order valence-electron chi connectivity index (χ3n) is 3.61. The van der Waals surface area contributed by atoms with Crippen molar-refractivity contribution in [3.63, 3.8) is 0 Å². The van der Waals surface area contributed by atoms with E-state index in [0.29, 0.717) is 5.82 Å². The summed E-state index contributed by atoms with van der Waals surface area (Å²) in [5.41, 5.74) is -0.414. The van der Waals surface area contributed by atoms with E-state index in [4.69, 9.17) is 0 Å². The minimum atomic E-state index is -0.396. The molecule has 1 aliphatic rings. The molecule has 0 radical (unpaired) electrons. The summed E-state index contributed by atoms with van der Waals surface area (Å²) in [6.07, 6.45) is 0. The Labute approximate surface area is 106 Å². The van der Waals surface area contributed by atoms with Gasteiger partial charge in [0.2, 0.25) is 5.88 Å². The van der Waals surface area contributed by atoms with Crippen LogP contribution in [0.1, 0.15) is 25.2 Å². The Hall–Kier alpha value is -1.40. The van der Waals surface area contributed by atoms with E-state index in [0.717, 1.165) is 26.2 Å². The van der Waals surface area contributed by atoms with Crippen LogP contribution >= 0.6 is 0 Å². The van der Waals surface area contributed by atoms with Gasteiger partial charge >= 0.3 is 0 Å². The molecule has 0 saturated carbocycles. The Balaban J connectivity index is 2.37. The first-order valence-corrected chi connectivity index (χ1v) is 6.19. The van der Waals surface area contributed by atoms with Crippen LogP contribution in [-0.2, 0) is 5.54 Å². The normalized spacial score (nSPS) is 17.9. The largest absolute Gasteiger partial charge is 0.493 e. The number of aromatic hydroxyl groups is 1. The molecule has 6 nitrogen and oxygen atoms in total. The van der Waals surface area contributed by atoms with Gasteiger partial charge in [-0.05, 0) is 20.8 Å². The van der Waals surface area contributed by atoms with Crippen molar-refractivity contribution in [1.82, 2.24) is 20.2 Å². The van der Waals surface area contributed by atoms with Crippen LogP contribution in [0, 0.1) is 6.92 Å². The highest BCUT2D eigenvalue weighted by Gasteiger charge is 2.32. The summed E-state index contributed by atoms with van der Waals surface area (Å²) in [6.45, 7) is 9.20.